The van der Waals surface area contributed by atoms with Crippen molar-refractivity contribution in [2.24, 2.45) is 0 Å². The molecule has 0 aliphatic heterocycles. The van der Waals surface area contributed by atoms with Crippen molar-refractivity contribution in [2.45, 2.75) is 26.3 Å². The fourth-order valence-corrected chi connectivity index (χ4v) is 2.91. The van der Waals surface area contributed by atoms with Gasteiger partial charge in [0.1, 0.15) is 11.6 Å². The molecule has 9 heteroatoms. The molecule has 0 spiro atoms. The summed E-state index contributed by atoms with van der Waals surface area (Å²) in [5.41, 5.74) is 0.871. The Bertz CT molecular complexity index is 967. The van der Waals surface area contributed by atoms with Crippen LogP contribution in [0.2, 0.25) is 5.02 Å². The zero-order valence-electron chi connectivity index (χ0n) is 15.5. The SMILES string of the molecule is CCOC(=O)c1cnn(-c2ccccc2)c1NC(=O)C(CC)n1cc(Cl)cn1. The van der Waals surface area contributed by atoms with E-state index in [0.29, 0.717) is 17.1 Å². The number of carbonyl (C=O) groups excluding carboxylic acids is 2. The predicted molar refractivity (Wildman–Crippen MR) is 105 cm³/mol. The number of benzene rings is 1. The number of amides is 1. The minimum Gasteiger partial charge on any atom is -0.462 e. The summed E-state index contributed by atoms with van der Waals surface area (Å²) in [7, 11) is 0. The number of rotatable bonds is 7. The lowest BCUT2D eigenvalue weighted by Crippen LogP contribution is -2.28. The van der Waals surface area contributed by atoms with Crippen molar-refractivity contribution >= 4 is 29.3 Å². The molecule has 1 atom stereocenters. The highest BCUT2D eigenvalue weighted by molar-refractivity contribution is 6.30. The summed E-state index contributed by atoms with van der Waals surface area (Å²) in [6.45, 7) is 3.79. The molecule has 0 saturated heterocycles. The van der Waals surface area contributed by atoms with Crippen molar-refractivity contribution in [1.82, 2.24) is 19.6 Å². The van der Waals surface area contributed by atoms with Gasteiger partial charge in [0.15, 0.2) is 5.82 Å². The van der Waals surface area contributed by atoms with Crippen LogP contribution in [0.15, 0.2) is 48.9 Å². The van der Waals surface area contributed by atoms with Gasteiger partial charge in [0.05, 0.1) is 29.7 Å². The Morgan fingerprint density at radius 1 is 1.18 bits per heavy atom. The van der Waals surface area contributed by atoms with Gasteiger partial charge in [-0.25, -0.2) is 9.48 Å². The molecule has 0 aliphatic rings. The molecule has 1 unspecified atom stereocenters. The maximum atomic E-state index is 13.0. The number of ether oxygens (including phenoxy) is 1. The summed E-state index contributed by atoms with van der Waals surface area (Å²) in [6, 6.07) is 8.60. The van der Waals surface area contributed by atoms with Crippen molar-refractivity contribution < 1.29 is 14.3 Å². The summed E-state index contributed by atoms with van der Waals surface area (Å²) in [5.74, 6) is -0.660. The summed E-state index contributed by atoms with van der Waals surface area (Å²) in [6.07, 6.45) is 4.91. The molecule has 0 aliphatic carbocycles. The van der Waals surface area contributed by atoms with Gasteiger partial charge in [-0.05, 0) is 25.5 Å². The summed E-state index contributed by atoms with van der Waals surface area (Å²) in [5, 5.41) is 11.6. The Kier molecular flexibility index (Phi) is 6.10. The number of halogens is 1. The third kappa shape index (κ3) is 4.07. The van der Waals surface area contributed by atoms with E-state index in [1.807, 2.05) is 37.3 Å². The molecule has 8 nitrogen and oxygen atoms in total. The van der Waals surface area contributed by atoms with Crippen LogP contribution in [-0.4, -0.2) is 38.0 Å². The molecule has 28 heavy (non-hydrogen) atoms. The predicted octanol–water partition coefficient (Wildman–Crippen LogP) is 3.49. The van der Waals surface area contributed by atoms with Crippen molar-refractivity contribution in [3.63, 3.8) is 0 Å². The van der Waals surface area contributed by atoms with Crippen LogP contribution in [-0.2, 0) is 9.53 Å². The molecule has 3 aromatic rings. The molecule has 0 saturated carbocycles. The number of esters is 1. The van der Waals surface area contributed by atoms with E-state index in [1.54, 1.807) is 13.1 Å². The van der Waals surface area contributed by atoms with Gasteiger partial charge in [0, 0.05) is 6.20 Å². The van der Waals surface area contributed by atoms with Crippen LogP contribution in [0, 0.1) is 0 Å². The van der Waals surface area contributed by atoms with Crippen molar-refractivity contribution in [3.05, 3.63) is 59.5 Å². The minimum atomic E-state index is -0.596. The number of carbonyl (C=O) groups is 2. The smallest absolute Gasteiger partial charge is 0.343 e. The lowest BCUT2D eigenvalue weighted by atomic mass is 10.2. The molecule has 1 amide bonds. The molecule has 2 aromatic heterocycles. The summed E-state index contributed by atoms with van der Waals surface area (Å²) >= 11 is 5.93. The first kappa shape index (κ1) is 19.6. The highest BCUT2D eigenvalue weighted by atomic mass is 35.5. The number of anilines is 1. The van der Waals surface area contributed by atoms with E-state index in [1.165, 1.54) is 21.8 Å². The summed E-state index contributed by atoms with van der Waals surface area (Å²) in [4.78, 5) is 25.3. The van der Waals surface area contributed by atoms with Crippen molar-refractivity contribution in [1.29, 1.82) is 0 Å². The van der Waals surface area contributed by atoms with Gasteiger partial charge in [-0.1, -0.05) is 36.7 Å². The number of nitrogens with zero attached hydrogens (tertiary/aromatic N) is 4. The van der Waals surface area contributed by atoms with Gasteiger partial charge in [-0.2, -0.15) is 10.2 Å². The first-order chi connectivity index (χ1) is 13.5. The van der Waals surface area contributed by atoms with Crippen LogP contribution in [0.4, 0.5) is 5.82 Å². The monoisotopic (exact) mass is 401 g/mol. The van der Waals surface area contributed by atoms with Crippen LogP contribution < -0.4 is 5.32 Å². The number of hydrogen-bond donors (Lipinski definition) is 1. The number of hydrogen-bond acceptors (Lipinski definition) is 5. The average molecular weight is 402 g/mol. The van der Waals surface area contributed by atoms with E-state index in [4.69, 9.17) is 16.3 Å². The zero-order valence-corrected chi connectivity index (χ0v) is 16.3. The second-order valence-electron chi connectivity index (χ2n) is 5.93. The highest BCUT2D eigenvalue weighted by Gasteiger charge is 2.25. The van der Waals surface area contributed by atoms with Gasteiger partial charge in [0.2, 0.25) is 5.91 Å². The average Bonchev–Trinajstić information content (AvgIpc) is 3.30. The lowest BCUT2D eigenvalue weighted by Gasteiger charge is -2.17. The highest BCUT2D eigenvalue weighted by Crippen LogP contribution is 2.23. The maximum absolute atomic E-state index is 13.0. The van der Waals surface area contributed by atoms with Crippen LogP contribution in [0.3, 0.4) is 0 Å². The quantitative estimate of drug-likeness (QED) is 0.612. The third-order valence-electron chi connectivity index (χ3n) is 4.09. The van der Waals surface area contributed by atoms with E-state index >= 15 is 0 Å². The molecule has 146 valence electrons. The van der Waals surface area contributed by atoms with Crippen molar-refractivity contribution in [3.8, 4) is 5.69 Å². The van der Waals surface area contributed by atoms with Gasteiger partial charge in [-0.3, -0.25) is 9.48 Å². The number of para-hydroxylation sites is 1. The van der Waals surface area contributed by atoms with Gasteiger partial charge in [0.25, 0.3) is 0 Å². The minimum absolute atomic E-state index is 0.174. The molecular formula is C19H20ClN5O3. The maximum Gasteiger partial charge on any atom is 0.343 e. The van der Waals surface area contributed by atoms with Gasteiger partial charge in [-0.15, -0.1) is 0 Å². The second-order valence-corrected chi connectivity index (χ2v) is 6.36. The molecule has 0 bridgehead atoms. The van der Waals surface area contributed by atoms with Crippen LogP contribution >= 0.6 is 11.6 Å². The van der Waals surface area contributed by atoms with E-state index in [9.17, 15) is 9.59 Å². The Morgan fingerprint density at radius 3 is 2.54 bits per heavy atom. The van der Waals surface area contributed by atoms with Crippen LogP contribution in [0.5, 0.6) is 0 Å². The lowest BCUT2D eigenvalue weighted by molar-refractivity contribution is -0.119. The Balaban J connectivity index is 1.97. The van der Waals surface area contributed by atoms with E-state index in [-0.39, 0.29) is 23.9 Å². The zero-order chi connectivity index (χ0) is 20.1. The normalized spacial score (nSPS) is 11.8. The molecule has 0 radical (unpaired) electrons. The van der Waals surface area contributed by atoms with E-state index in [2.05, 4.69) is 15.5 Å². The number of nitrogens with one attached hydrogen (secondary N) is 1. The Morgan fingerprint density at radius 2 is 1.93 bits per heavy atom. The standard InChI is InChI=1S/C19H20ClN5O3/c1-3-16(24-12-13(20)10-21-24)18(26)23-17-15(19(27)28-4-2)11-22-25(17)14-8-6-5-7-9-14/h5-12,16H,3-4H2,1-2H3,(H,23,26). The number of aromatic nitrogens is 4. The Labute approximate surface area is 167 Å². The molecular weight excluding hydrogens is 382 g/mol. The third-order valence-corrected chi connectivity index (χ3v) is 4.28. The van der Waals surface area contributed by atoms with Crippen molar-refractivity contribution in [2.75, 3.05) is 11.9 Å². The molecule has 1 N–H and O–H groups in total. The van der Waals surface area contributed by atoms with Gasteiger partial charge >= 0.3 is 5.97 Å². The second kappa shape index (κ2) is 8.71. The van der Waals surface area contributed by atoms with E-state index < -0.39 is 12.0 Å². The van der Waals surface area contributed by atoms with Crippen LogP contribution in [0.25, 0.3) is 5.69 Å². The Hall–Kier alpha value is -3.13. The summed E-state index contributed by atoms with van der Waals surface area (Å²) < 4.78 is 8.08. The van der Waals surface area contributed by atoms with Gasteiger partial charge < -0.3 is 10.1 Å². The molecule has 3 rings (SSSR count). The fourth-order valence-electron chi connectivity index (χ4n) is 2.77. The van der Waals surface area contributed by atoms with Crippen LogP contribution in [0.1, 0.15) is 36.7 Å². The largest absolute Gasteiger partial charge is 0.462 e. The molecule has 1 aromatic carbocycles. The molecule has 2 heterocycles. The first-order valence-electron chi connectivity index (χ1n) is 8.86. The van der Waals surface area contributed by atoms with E-state index in [0.717, 1.165) is 0 Å². The topological polar surface area (TPSA) is 91.0 Å². The molecule has 0 fully saturated rings. The fraction of sp³-hybridized carbons (Fsp3) is 0.263. The first-order valence-corrected chi connectivity index (χ1v) is 9.24.